The molecule has 2 N–H and O–H groups in total. The molecule has 3 rings (SSSR count). The first-order chi connectivity index (χ1) is 13.7. The number of nitro groups is 1. The highest BCUT2D eigenvalue weighted by Gasteiger charge is 2.46. The highest BCUT2D eigenvalue weighted by atomic mass is 19.1. The molecule has 1 fully saturated rings. The van der Waals surface area contributed by atoms with Crippen LogP contribution in [0.4, 0.5) is 10.1 Å². The fourth-order valence-corrected chi connectivity index (χ4v) is 3.08. The number of likely N-dealkylation sites (tertiary alicyclic amines) is 1. The van der Waals surface area contributed by atoms with Crippen molar-refractivity contribution in [1.82, 2.24) is 4.90 Å². The lowest BCUT2D eigenvalue weighted by atomic mass is 9.95. The van der Waals surface area contributed by atoms with E-state index in [9.17, 15) is 34.0 Å². The third-order valence-corrected chi connectivity index (χ3v) is 4.38. The number of benzene rings is 2. The molecule has 0 radical (unpaired) electrons. The standard InChI is InChI=1S/C19H13FN2O7/c20-12-5-1-10(2-6-12)16-15(18(26)19(27)21(16)9-14(23)24)17(25)11-3-7-13(8-4-11)22(28)29/h1-8,16,25H,9H2,(H,23,24)/t16-/m0/s1. The Labute approximate surface area is 162 Å². The number of Topliss-reactive ketones (excluding diaryl/α,β-unsaturated/α-hetero) is 1. The molecule has 0 aromatic heterocycles. The molecular weight excluding hydrogens is 387 g/mol. The molecule has 1 aliphatic heterocycles. The number of aliphatic carboxylic acids is 1. The first-order valence-corrected chi connectivity index (χ1v) is 8.21. The van der Waals surface area contributed by atoms with Crippen LogP contribution < -0.4 is 0 Å². The SMILES string of the molecule is O=C(O)CN1C(=O)C(=O)C(=C(O)c2ccc([N+](=O)[O-])cc2)[C@@H]1c1ccc(F)cc1. The summed E-state index contributed by atoms with van der Waals surface area (Å²) >= 11 is 0. The number of nitro benzene ring substituents is 1. The van der Waals surface area contributed by atoms with Gasteiger partial charge in [-0.05, 0) is 29.8 Å². The molecule has 10 heteroatoms. The van der Waals surface area contributed by atoms with E-state index in [-0.39, 0.29) is 16.8 Å². The molecule has 148 valence electrons. The van der Waals surface area contributed by atoms with Crippen molar-refractivity contribution in [3.63, 3.8) is 0 Å². The Bertz CT molecular complexity index is 1050. The van der Waals surface area contributed by atoms with Gasteiger partial charge in [0.2, 0.25) is 0 Å². The van der Waals surface area contributed by atoms with E-state index in [2.05, 4.69) is 0 Å². The van der Waals surface area contributed by atoms with Gasteiger partial charge in [-0.1, -0.05) is 12.1 Å². The van der Waals surface area contributed by atoms with Gasteiger partial charge in [0.15, 0.2) is 0 Å². The Morgan fingerprint density at radius 3 is 2.17 bits per heavy atom. The van der Waals surface area contributed by atoms with E-state index in [1.807, 2.05) is 0 Å². The van der Waals surface area contributed by atoms with Crippen LogP contribution in [0.15, 0.2) is 54.1 Å². The number of carboxylic acids is 1. The highest BCUT2D eigenvalue weighted by Crippen LogP contribution is 2.39. The fourth-order valence-electron chi connectivity index (χ4n) is 3.08. The van der Waals surface area contributed by atoms with Gasteiger partial charge in [0.25, 0.3) is 17.4 Å². The number of carboxylic acid groups (broad SMARTS) is 1. The monoisotopic (exact) mass is 400 g/mol. The van der Waals surface area contributed by atoms with E-state index in [4.69, 9.17) is 5.11 Å². The van der Waals surface area contributed by atoms with Crippen molar-refractivity contribution >= 4 is 29.1 Å². The van der Waals surface area contributed by atoms with Crippen LogP contribution in [0.3, 0.4) is 0 Å². The average molecular weight is 400 g/mol. The molecule has 0 bridgehead atoms. The van der Waals surface area contributed by atoms with Gasteiger partial charge in [-0.25, -0.2) is 4.39 Å². The summed E-state index contributed by atoms with van der Waals surface area (Å²) in [6, 6.07) is 8.02. The zero-order valence-electron chi connectivity index (χ0n) is 14.6. The molecule has 2 aromatic carbocycles. The predicted octanol–water partition coefficient (Wildman–Crippen LogP) is 2.24. The lowest BCUT2D eigenvalue weighted by Crippen LogP contribution is -2.34. The zero-order chi connectivity index (χ0) is 21.3. The number of hydrogen-bond acceptors (Lipinski definition) is 6. The minimum absolute atomic E-state index is 0.0241. The quantitative estimate of drug-likeness (QED) is 0.258. The number of aliphatic hydroxyl groups is 1. The molecule has 1 heterocycles. The minimum atomic E-state index is -1.38. The molecule has 1 aliphatic rings. The number of halogens is 1. The summed E-state index contributed by atoms with van der Waals surface area (Å²) in [6.45, 7) is -0.816. The average Bonchev–Trinajstić information content (AvgIpc) is 2.92. The Morgan fingerprint density at radius 1 is 1.07 bits per heavy atom. The van der Waals surface area contributed by atoms with E-state index in [0.717, 1.165) is 29.2 Å². The number of hydrogen-bond donors (Lipinski definition) is 2. The van der Waals surface area contributed by atoms with Gasteiger partial charge in [0, 0.05) is 17.7 Å². The Balaban J connectivity index is 2.16. The van der Waals surface area contributed by atoms with Gasteiger partial charge in [-0.15, -0.1) is 0 Å². The third-order valence-electron chi connectivity index (χ3n) is 4.38. The second-order valence-corrected chi connectivity index (χ2v) is 6.18. The Kier molecular flexibility index (Phi) is 5.09. The summed E-state index contributed by atoms with van der Waals surface area (Å²) in [5.41, 5.74) is -0.397. The number of nitrogens with zero attached hydrogens (tertiary/aromatic N) is 2. The van der Waals surface area contributed by atoms with E-state index in [1.165, 1.54) is 24.3 Å². The molecule has 0 spiro atoms. The smallest absolute Gasteiger partial charge is 0.323 e. The van der Waals surface area contributed by atoms with Crippen LogP contribution in [0.2, 0.25) is 0 Å². The summed E-state index contributed by atoms with van der Waals surface area (Å²) in [5.74, 6) is -4.84. The normalized spacial score (nSPS) is 18.1. The summed E-state index contributed by atoms with van der Waals surface area (Å²) in [5, 5.41) is 30.6. The van der Waals surface area contributed by atoms with E-state index in [1.54, 1.807) is 0 Å². The van der Waals surface area contributed by atoms with Crippen molar-refractivity contribution < 1.29 is 33.9 Å². The third kappa shape index (κ3) is 3.68. The molecule has 0 unspecified atom stereocenters. The molecule has 29 heavy (non-hydrogen) atoms. The van der Waals surface area contributed by atoms with E-state index < -0.39 is 52.3 Å². The van der Waals surface area contributed by atoms with Crippen molar-refractivity contribution in [2.75, 3.05) is 6.54 Å². The molecule has 9 nitrogen and oxygen atoms in total. The van der Waals surface area contributed by atoms with Crippen molar-refractivity contribution in [3.8, 4) is 0 Å². The van der Waals surface area contributed by atoms with Crippen molar-refractivity contribution in [2.45, 2.75) is 6.04 Å². The van der Waals surface area contributed by atoms with Gasteiger partial charge in [-0.2, -0.15) is 0 Å². The Morgan fingerprint density at radius 2 is 1.66 bits per heavy atom. The summed E-state index contributed by atoms with van der Waals surface area (Å²) in [6.07, 6.45) is 0. The van der Waals surface area contributed by atoms with Crippen LogP contribution in [0, 0.1) is 15.9 Å². The van der Waals surface area contributed by atoms with Crippen molar-refractivity contribution in [3.05, 3.63) is 81.2 Å². The fraction of sp³-hybridized carbons (Fsp3) is 0.105. The summed E-state index contributed by atoms with van der Waals surface area (Å²) in [4.78, 5) is 47.0. The number of non-ortho nitro benzene ring substituents is 1. The summed E-state index contributed by atoms with van der Waals surface area (Å²) < 4.78 is 13.3. The van der Waals surface area contributed by atoms with Gasteiger partial charge in [-0.3, -0.25) is 24.5 Å². The lowest BCUT2D eigenvalue weighted by Gasteiger charge is -2.23. The Hall–Kier alpha value is -4.08. The highest BCUT2D eigenvalue weighted by molar-refractivity contribution is 6.46. The van der Waals surface area contributed by atoms with Gasteiger partial charge in [0.05, 0.1) is 16.5 Å². The number of ketones is 1. The van der Waals surface area contributed by atoms with Gasteiger partial charge in [0.1, 0.15) is 18.1 Å². The van der Waals surface area contributed by atoms with Crippen LogP contribution >= 0.6 is 0 Å². The van der Waals surface area contributed by atoms with E-state index >= 15 is 0 Å². The second kappa shape index (κ2) is 7.50. The predicted molar refractivity (Wildman–Crippen MR) is 96.1 cm³/mol. The molecule has 1 saturated heterocycles. The minimum Gasteiger partial charge on any atom is -0.507 e. The number of carbonyl (C=O) groups excluding carboxylic acids is 2. The van der Waals surface area contributed by atoms with Crippen molar-refractivity contribution in [1.29, 1.82) is 0 Å². The lowest BCUT2D eigenvalue weighted by molar-refractivity contribution is -0.384. The zero-order valence-corrected chi connectivity index (χ0v) is 14.6. The van der Waals surface area contributed by atoms with Gasteiger partial charge < -0.3 is 15.1 Å². The molecular formula is C19H13FN2O7. The number of aliphatic hydroxyl groups excluding tert-OH is 1. The van der Waals surface area contributed by atoms with Crippen LogP contribution in [-0.2, 0) is 14.4 Å². The molecule has 0 aliphatic carbocycles. The molecule has 1 atom stereocenters. The maximum Gasteiger partial charge on any atom is 0.323 e. The van der Waals surface area contributed by atoms with Crippen LogP contribution in [0.1, 0.15) is 17.2 Å². The van der Waals surface area contributed by atoms with Crippen LogP contribution in [0.5, 0.6) is 0 Å². The maximum atomic E-state index is 13.3. The second-order valence-electron chi connectivity index (χ2n) is 6.18. The molecule has 2 aromatic rings. The van der Waals surface area contributed by atoms with Crippen LogP contribution in [0.25, 0.3) is 5.76 Å². The number of carbonyl (C=O) groups is 3. The number of rotatable bonds is 5. The first-order valence-electron chi connectivity index (χ1n) is 8.21. The first kappa shape index (κ1) is 19.7. The molecule has 0 saturated carbocycles. The van der Waals surface area contributed by atoms with Crippen LogP contribution in [-0.4, -0.2) is 44.2 Å². The topological polar surface area (TPSA) is 138 Å². The van der Waals surface area contributed by atoms with Crippen molar-refractivity contribution in [2.24, 2.45) is 0 Å². The van der Waals surface area contributed by atoms with E-state index in [0.29, 0.717) is 0 Å². The largest absolute Gasteiger partial charge is 0.507 e. The summed E-state index contributed by atoms with van der Waals surface area (Å²) in [7, 11) is 0. The maximum absolute atomic E-state index is 13.3. The molecule has 1 amide bonds. The number of amides is 1. The van der Waals surface area contributed by atoms with Gasteiger partial charge >= 0.3 is 5.97 Å².